The summed E-state index contributed by atoms with van der Waals surface area (Å²) in [5.74, 6) is 0.828. The highest BCUT2D eigenvalue weighted by Crippen LogP contribution is 2.21. The number of likely N-dealkylation sites (tertiary alicyclic amines) is 1. The highest BCUT2D eigenvalue weighted by molar-refractivity contribution is 5.90. The molecule has 1 amide bonds. The van der Waals surface area contributed by atoms with Crippen molar-refractivity contribution in [2.45, 2.75) is 45.7 Å². The van der Waals surface area contributed by atoms with Gasteiger partial charge in [-0.05, 0) is 43.4 Å². The van der Waals surface area contributed by atoms with E-state index in [0.717, 1.165) is 30.3 Å². The third-order valence-electron chi connectivity index (χ3n) is 4.35. The minimum atomic E-state index is 0.0842. The van der Waals surface area contributed by atoms with Crippen LogP contribution in [0.1, 0.15) is 38.7 Å². The van der Waals surface area contributed by atoms with E-state index < -0.39 is 0 Å². The number of benzene rings is 1. The monoisotopic (exact) mass is 289 g/mol. The van der Waals surface area contributed by atoms with Crippen molar-refractivity contribution in [3.8, 4) is 0 Å². The average Bonchev–Trinajstić information content (AvgIpc) is 2.49. The molecule has 0 aromatic heterocycles. The summed E-state index contributed by atoms with van der Waals surface area (Å²) in [6, 6.07) is 8.31. The summed E-state index contributed by atoms with van der Waals surface area (Å²) in [6.45, 7) is 7.03. The van der Waals surface area contributed by atoms with Crippen LogP contribution in [-0.4, -0.2) is 29.9 Å². The molecule has 0 radical (unpaired) electrons. The van der Waals surface area contributed by atoms with Crippen LogP contribution >= 0.6 is 0 Å². The number of nitrogens with zero attached hydrogens (tertiary/aromatic N) is 1. The first-order valence-electron chi connectivity index (χ1n) is 7.91. The number of carbonyl (C=O) groups excluding carboxylic acids is 1. The van der Waals surface area contributed by atoms with Gasteiger partial charge in [-0.3, -0.25) is 9.69 Å². The van der Waals surface area contributed by atoms with Gasteiger partial charge >= 0.3 is 0 Å². The fourth-order valence-corrected chi connectivity index (χ4v) is 2.88. The van der Waals surface area contributed by atoms with Crippen molar-refractivity contribution >= 4 is 11.6 Å². The van der Waals surface area contributed by atoms with Crippen molar-refractivity contribution < 1.29 is 4.79 Å². The van der Waals surface area contributed by atoms with E-state index in [4.69, 9.17) is 5.73 Å². The third kappa shape index (κ3) is 4.83. The maximum atomic E-state index is 12.0. The lowest BCUT2D eigenvalue weighted by atomic mass is 9.95. The van der Waals surface area contributed by atoms with Gasteiger partial charge in [0.1, 0.15) is 0 Å². The smallest absolute Gasteiger partial charge is 0.225 e. The molecule has 1 aliphatic rings. The Morgan fingerprint density at radius 2 is 2.00 bits per heavy atom. The van der Waals surface area contributed by atoms with Crippen molar-refractivity contribution in [1.82, 2.24) is 4.90 Å². The first kappa shape index (κ1) is 16.0. The molecule has 0 spiro atoms. The molecule has 4 nitrogen and oxygen atoms in total. The Bertz CT molecular complexity index is 458. The molecule has 2 unspecified atom stereocenters. The molecule has 2 atom stereocenters. The summed E-state index contributed by atoms with van der Waals surface area (Å²) in [6.07, 6.45) is 3.09. The number of nitrogens with two attached hydrogens (primary N) is 1. The van der Waals surface area contributed by atoms with Crippen LogP contribution < -0.4 is 11.1 Å². The molecule has 1 aliphatic heterocycles. The number of nitrogens with one attached hydrogen (secondary N) is 1. The molecule has 0 aliphatic carbocycles. The summed E-state index contributed by atoms with van der Waals surface area (Å²) in [7, 11) is 0. The fourth-order valence-electron chi connectivity index (χ4n) is 2.88. The van der Waals surface area contributed by atoms with Gasteiger partial charge in [-0.2, -0.15) is 0 Å². The quantitative estimate of drug-likeness (QED) is 0.876. The zero-order valence-electron chi connectivity index (χ0n) is 13.1. The van der Waals surface area contributed by atoms with E-state index in [1.807, 2.05) is 24.3 Å². The molecule has 1 aromatic carbocycles. The van der Waals surface area contributed by atoms with Crippen molar-refractivity contribution in [2.75, 3.05) is 18.4 Å². The van der Waals surface area contributed by atoms with E-state index in [-0.39, 0.29) is 5.91 Å². The van der Waals surface area contributed by atoms with Crippen LogP contribution in [-0.2, 0) is 11.3 Å². The number of rotatable bonds is 5. The van der Waals surface area contributed by atoms with Gasteiger partial charge in [-0.15, -0.1) is 0 Å². The molecular weight excluding hydrogens is 262 g/mol. The van der Waals surface area contributed by atoms with Crippen molar-refractivity contribution in [3.63, 3.8) is 0 Å². The van der Waals surface area contributed by atoms with Crippen molar-refractivity contribution in [1.29, 1.82) is 0 Å². The van der Waals surface area contributed by atoms with Gasteiger partial charge in [-0.25, -0.2) is 0 Å². The average molecular weight is 289 g/mol. The zero-order chi connectivity index (χ0) is 15.2. The number of hydrogen-bond donors (Lipinski definition) is 2. The number of piperidine rings is 1. The molecule has 1 heterocycles. The predicted octanol–water partition coefficient (Wildman–Crippen LogP) is 2.59. The van der Waals surface area contributed by atoms with Crippen LogP contribution in [0.5, 0.6) is 0 Å². The molecule has 1 fully saturated rings. The Balaban J connectivity index is 1.78. The Morgan fingerprint density at radius 3 is 2.67 bits per heavy atom. The van der Waals surface area contributed by atoms with Crippen molar-refractivity contribution in [2.24, 2.45) is 11.7 Å². The second-order valence-electron chi connectivity index (χ2n) is 6.23. The molecule has 2 rings (SSSR count). The SMILES string of the molecule is CC1CCC(C)N(CCC(=O)Nc2ccc(CN)cc2)C1. The summed E-state index contributed by atoms with van der Waals surface area (Å²) in [4.78, 5) is 14.5. The molecule has 1 saturated heterocycles. The minimum Gasteiger partial charge on any atom is -0.326 e. The molecule has 0 bridgehead atoms. The van der Waals surface area contributed by atoms with E-state index in [1.165, 1.54) is 12.8 Å². The first-order chi connectivity index (χ1) is 10.1. The van der Waals surface area contributed by atoms with E-state index in [0.29, 0.717) is 19.0 Å². The Labute approximate surface area is 127 Å². The highest BCUT2D eigenvalue weighted by atomic mass is 16.1. The van der Waals surface area contributed by atoms with Crippen LogP contribution in [0.25, 0.3) is 0 Å². The van der Waals surface area contributed by atoms with E-state index in [2.05, 4.69) is 24.1 Å². The third-order valence-corrected chi connectivity index (χ3v) is 4.35. The summed E-state index contributed by atoms with van der Waals surface area (Å²) in [5.41, 5.74) is 7.48. The predicted molar refractivity (Wildman–Crippen MR) is 87.0 cm³/mol. The van der Waals surface area contributed by atoms with Crippen LogP contribution in [0.4, 0.5) is 5.69 Å². The molecule has 1 aromatic rings. The maximum Gasteiger partial charge on any atom is 0.225 e. The van der Waals surface area contributed by atoms with Crippen LogP contribution in [0, 0.1) is 5.92 Å². The number of anilines is 1. The van der Waals surface area contributed by atoms with Crippen LogP contribution in [0.2, 0.25) is 0 Å². The summed E-state index contributed by atoms with van der Waals surface area (Å²) in [5, 5.41) is 2.95. The van der Waals surface area contributed by atoms with Gasteiger partial charge in [0.15, 0.2) is 0 Å². The summed E-state index contributed by atoms with van der Waals surface area (Å²) >= 11 is 0. The maximum absolute atomic E-state index is 12.0. The Hall–Kier alpha value is -1.39. The molecular formula is C17H27N3O. The molecule has 3 N–H and O–H groups in total. The molecule has 0 saturated carbocycles. The highest BCUT2D eigenvalue weighted by Gasteiger charge is 2.22. The van der Waals surface area contributed by atoms with E-state index in [9.17, 15) is 4.79 Å². The lowest BCUT2D eigenvalue weighted by Crippen LogP contribution is -2.42. The number of hydrogen-bond acceptors (Lipinski definition) is 3. The van der Waals surface area contributed by atoms with Gasteiger partial charge in [0.25, 0.3) is 0 Å². The van der Waals surface area contributed by atoms with Crippen LogP contribution in [0.3, 0.4) is 0 Å². The lowest BCUT2D eigenvalue weighted by molar-refractivity contribution is -0.116. The fraction of sp³-hybridized carbons (Fsp3) is 0.588. The number of amides is 1. The largest absolute Gasteiger partial charge is 0.326 e. The topological polar surface area (TPSA) is 58.4 Å². The minimum absolute atomic E-state index is 0.0842. The van der Waals surface area contributed by atoms with Gasteiger partial charge in [0.05, 0.1) is 0 Å². The molecule has 21 heavy (non-hydrogen) atoms. The van der Waals surface area contributed by atoms with Crippen molar-refractivity contribution in [3.05, 3.63) is 29.8 Å². The van der Waals surface area contributed by atoms with Gasteiger partial charge in [-0.1, -0.05) is 19.1 Å². The summed E-state index contributed by atoms with van der Waals surface area (Å²) < 4.78 is 0. The van der Waals surface area contributed by atoms with E-state index in [1.54, 1.807) is 0 Å². The lowest BCUT2D eigenvalue weighted by Gasteiger charge is -2.36. The van der Waals surface area contributed by atoms with Crippen LogP contribution in [0.15, 0.2) is 24.3 Å². The van der Waals surface area contributed by atoms with Gasteiger partial charge in [0.2, 0.25) is 5.91 Å². The van der Waals surface area contributed by atoms with Gasteiger partial charge < -0.3 is 11.1 Å². The second-order valence-corrected chi connectivity index (χ2v) is 6.23. The van der Waals surface area contributed by atoms with E-state index >= 15 is 0 Å². The normalized spacial score (nSPS) is 23.0. The first-order valence-corrected chi connectivity index (χ1v) is 7.91. The number of carbonyl (C=O) groups is 1. The second kappa shape index (κ2) is 7.57. The standard InChI is InChI=1S/C17H27N3O/c1-13-3-4-14(2)20(12-13)10-9-17(21)19-16-7-5-15(11-18)6-8-16/h5-8,13-14H,3-4,9-12,18H2,1-2H3,(H,19,21). The van der Waals surface area contributed by atoms with Gasteiger partial charge in [0, 0.05) is 37.8 Å². The molecule has 116 valence electrons. The zero-order valence-corrected chi connectivity index (χ0v) is 13.1. The Kier molecular flexibility index (Phi) is 5.76. The molecule has 4 heteroatoms. The Morgan fingerprint density at radius 1 is 1.29 bits per heavy atom.